The first-order valence-electron chi connectivity index (χ1n) is 7.92. The lowest BCUT2D eigenvalue weighted by Crippen LogP contribution is -2.22. The van der Waals surface area contributed by atoms with Gasteiger partial charge in [-0.15, -0.1) is 0 Å². The number of carbonyl (C=O) groups is 1. The largest absolute Gasteiger partial charge is 0.483 e. The third kappa shape index (κ3) is 4.84. The van der Waals surface area contributed by atoms with Crippen LogP contribution in [-0.4, -0.2) is 27.3 Å². The van der Waals surface area contributed by atoms with E-state index in [1.165, 1.54) is 30.9 Å². The van der Waals surface area contributed by atoms with Crippen molar-refractivity contribution in [1.29, 1.82) is 0 Å². The summed E-state index contributed by atoms with van der Waals surface area (Å²) in [5.74, 6) is -0.964. The first-order chi connectivity index (χ1) is 12.9. The lowest BCUT2D eigenvalue weighted by molar-refractivity contribution is -0.139. The van der Waals surface area contributed by atoms with Crippen molar-refractivity contribution in [1.82, 2.24) is 14.8 Å². The number of para-hydroxylation sites is 2. The molecule has 3 aromatic rings. The molecule has 0 radical (unpaired) electrons. The summed E-state index contributed by atoms with van der Waals surface area (Å²) < 4.78 is 45.5. The number of halogens is 3. The van der Waals surface area contributed by atoms with Crippen molar-refractivity contribution in [2.45, 2.75) is 12.7 Å². The molecule has 0 saturated heterocycles. The van der Waals surface area contributed by atoms with Gasteiger partial charge in [0.2, 0.25) is 0 Å². The van der Waals surface area contributed by atoms with E-state index in [0.29, 0.717) is 12.2 Å². The van der Waals surface area contributed by atoms with Crippen LogP contribution in [-0.2, 0) is 17.5 Å². The lowest BCUT2D eigenvalue weighted by Gasteiger charge is -2.14. The van der Waals surface area contributed by atoms with Gasteiger partial charge >= 0.3 is 6.18 Å². The number of amides is 1. The molecule has 2 aromatic carbocycles. The maximum atomic E-state index is 13.0. The molecule has 0 saturated carbocycles. The number of benzene rings is 2. The molecule has 0 atom stereocenters. The Morgan fingerprint density at radius 3 is 2.59 bits per heavy atom. The van der Waals surface area contributed by atoms with Gasteiger partial charge in [-0.1, -0.05) is 30.3 Å². The Morgan fingerprint density at radius 2 is 1.85 bits per heavy atom. The van der Waals surface area contributed by atoms with E-state index in [4.69, 9.17) is 4.74 Å². The van der Waals surface area contributed by atoms with Crippen LogP contribution < -0.4 is 10.1 Å². The van der Waals surface area contributed by atoms with Gasteiger partial charge in [0.25, 0.3) is 5.91 Å². The average Bonchev–Trinajstić information content (AvgIpc) is 3.14. The van der Waals surface area contributed by atoms with E-state index in [0.717, 1.165) is 11.6 Å². The number of aromatic nitrogens is 3. The van der Waals surface area contributed by atoms with Gasteiger partial charge in [-0.05, 0) is 23.8 Å². The van der Waals surface area contributed by atoms with Crippen LogP contribution in [0.25, 0.3) is 0 Å². The summed E-state index contributed by atoms with van der Waals surface area (Å²) >= 11 is 0. The fraction of sp³-hybridized carbons (Fsp3) is 0.167. The van der Waals surface area contributed by atoms with Crippen molar-refractivity contribution >= 4 is 11.6 Å². The molecule has 0 unspecified atom stereocenters. The minimum Gasteiger partial charge on any atom is -0.483 e. The third-order valence-corrected chi connectivity index (χ3v) is 3.64. The maximum Gasteiger partial charge on any atom is 0.419 e. The first kappa shape index (κ1) is 18.4. The van der Waals surface area contributed by atoms with Gasteiger partial charge in [0, 0.05) is 5.69 Å². The Labute approximate surface area is 152 Å². The Hall–Kier alpha value is -3.36. The van der Waals surface area contributed by atoms with Gasteiger partial charge in [0.1, 0.15) is 18.4 Å². The van der Waals surface area contributed by atoms with Gasteiger partial charge < -0.3 is 10.1 Å². The predicted octanol–water partition coefficient (Wildman–Crippen LogP) is 3.36. The molecule has 3 rings (SSSR count). The molecule has 1 N–H and O–H groups in total. The molecule has 6 nitrogen and oxygen atoms in total. The fourth-order valence-corrected chi connectivity index (χ4v) is 2.43. The standard InChI is InChI=1S/C18H15F3N4O2/c19-18(20,21)14-6-2-4-8-16(14)27-10-17(26)24-15-7-3-1-5-13(15)9-25-12-22-11-23-25/h1-8,11-12H,9-10H2,(H,24,26). The smallest absolute Gasteiger partial charge is 0.419 e. The topological polar surface area (TPSA) is 69.0 Å². The van der Waals surface area contributed by atoms with Crippen LogP contribution in [0.2, 0.25) is 0 Å². The van der Waals surface area contributed by atoms with Crippen molar-refractivity contribution in [2.75, 3.05) is 11.9 Å². The molecule has 0 fully saturated rings. The quantitative estimate of drug-likeness (QED) is 0.716. The zero-order chi connectivity index (χ0) is 19.3. The number of nitrogens with zero attached hydrogens (tertiary/aromatic N) is 3. The van der Waals surface area contributed by atoms with Crippen molar-refractivity contribution < 1.29 is 22.7 Å². The molecule has 0 spiro atoms. The Balaban J connectivity index is 1.66. The van der Waals surface area contributed by atoms with E-state index in [1.54, 1.807) is 28.9 Å². The molecule has 1 heterocycles. The van der Waals surface area contributed by atoms with Gasteiger partial charge in [-0.3, -0.25) is 4.79 Å². The molecule has 0 aliphatic rings. The summed E-state index contributed by atoms with van der Waals surface area (Å²) in [7, 11) is 0. The van der Waals surface area contributed by atoms with Crippen LogP contribution in [0.1, 0.15) is 11.1 Å². The number of hydrogen-bond donors (Lipinski definition) is 1. The Bertz CT molecular complexity index is 911. The number of ether oxygens (including phenoxy) is 1. The molecular weight excluding hydrogens is 361 g/mol. The summed E-state index contributed by atoms with van der Waals surface area (Å²) in [6, 6.07) is 11.8. The summed E-state index contributed by atoms with van der Waals surface area (Å²) in [6.45, 7) is -0.168. The zero-order valence-electron chi connectivity index (χ0n) is 14.0. The maximum absolute atomic E-state index is 13.0. The Morgan fingerprint density at radius 1 is 1.11 bits per heavy atom. The van der Waals surface area contributed by atoms with Crippen molar-refractivity contribution in [3.63, 3.8) is 0 Å². The van der Waals surface area contributed by atoms with Gasteiger partial charge in [-0.2, -0.15) is 18.3 Å². The summed E-state index contributed by atoms with van der Waals surface area (Å²) in [4.78, 5) is 16.0. The average molecular weight is 376 g/mol. The fourth-order valence-electron chi connectivity index (χ4n) is 2.43. The molecule has 140 valence electrons. The van der Waals surface area contributed by atoms with E-state index >= 15 is 0 Å². The number of rotatable bonds is 6. The normalized spacial score (nSPS) is 11.2. The van der Waals surface area contributed by atoms with Gasteiger partial charge in [0.15, 0.2) is 6.61 Å². The monoisotopic (exact) mass is 376 g/mol. The van der Waals surface area contributed by atoms with E-state index in [2.05, 4.69) is 15.4 Å². The summed E-state index contributed by atoms with van der Waals surface area (Å²) in [6.07, 6.45) is -1.62. The van der Waals surface area contributed by atoms with E-state index in [1.807, 2.05) is 0 Å². The molecular formula is C18H15F3N4O2. The first-order valence-corrected chi connectivity index (χ1v) is 7.92. The summed E-state index contributed by atoms with van der Waals surface area (Å²) in [5, 5.41) is 6.65. The van der Waals surface area contributed by atoms with Crippen molar-refractivity contribution in [3.8, 4) is 5.75 Å². The van der Waals surface area contributed by atoms with Crippen LogP contribution in [0.4, 0.5) is 18.9 Å². The van der Waals surface area contributed by atoms with Crippen molar-refractivity contribution in [3.05, 3.63) is 72.3 Å². The van der Waals surface area contributed by atoms with Gasteiger partial charge in [0.05, 0.1) is 12.1 Å². The third-order valence-electron chi connectivity index (χ3n) is 3.64. The highest BCUT2D eigenvalue weighted by Crippen LogP contribution is 2.35. The molecule has 0 bridgehead atoms. The highest BCUT2D eigenvalue weighted by atomic mass is 19.4. The van der Waals surface area contributed by atoms with Gasteiger partial charge in [-0.25, -0.2) is 9.67 Å². The molecule has 0 aliphatic carbocycles. The summed E-state index contributed by atoms with van der Waals surface area (Å²) in [5.41, 5.74) is 0.363. The molecule has 27 heavy (non-hydrogen) atoms. The zero-order valence-corrected chi connectivity index (χ0v) is 14.0. The minimum absolute atomic E-state index is 0.383. The molecule has 0 aliphatic heterocycles. The lowest BCUT2D eigenvalue weighted by atomic mass is 10.1. The van der Waals surface area contributed by atoms with Crippen LogP contribution in [0.3, 0.4) is 0 Å². The van der Waals surface area contributed by atoms with Crippen molar-refractivity contribution in [2.24, 2.45) is 0 Å². The second-order valence-electron chi connectivity index (χ2n) is 5.58. The predicted molar refractivity (Wildman–Crippen MR) is 91.1 cm³/mol. The number of alkyl halides is 3. The van der Waals surface area contributed by atoms with Crippen LogP contribution in [0.5, 0.6) is 5.75 Å². The highest BCUT2D eigenvalue weighted by Gasteiger charge is 2.34. The van der Waals surface area contributed by atoms with E-state index in [9.17, 15) is 18.0 Å². The SMILES string of the molecule is O=C(COc1ccccc1C(F)(F)F)Nc1ccccc1Cn1cncn1. The molecule has 1 amide bonds. The highest BCUT2D eigenvalue weighted by molar-refractivity contribution is 5.92. The van der Waals surface area contributed by atoms with Crippen LogP contribution in [0.15, 0.2) is 61.2 Å². The number of nitrogens with one attached hydrogen (secondary N) is 1. The minimum atomic E-state index is -4.56. The molecule has 1 aromatic heterocycles. The van der Waals surface area contributed by atoms with E-state index < -0.39 is 30.0 Å². The van der Waals surface area contributed by atoms with E-state index in [-0.39, 0.29) is 0 Å². The number of anilines is 1. The van der Waals surface area contributed by atoms with Crippen LogP contribution in [0, 0.1) is 0 Å². The Kier molecular flexibility index (Phi) is 5.39. The second-order valence-corrected chi connectivity index (χ2v) is 5.58. The number of hydrogen-bond acceptors (Lipinski definition) is 4. The number of carbonyl (C=O) groups excluding carboxylic acids is 1. The molecule has 9 heteroatoms. The second kappa shape index (κ2) is 7.90. The van der Waals surface area contributed by atoms with Crippen LogP contribution >= 0.6 is 0 Å².